The Morgan fingerprint density at radius 1 is 1.60 bits per heavy atom. The molecule has 0 saturated heterocycles. The van der Waals surface area contributed by atoms with Gasteiger partial charge in [0.05, 0.1) is 12.7 Å². The smallest absolute Gasteiger partial charge is 0.475 e. The Hall–Kier alpha value is -1.33. The average Bonchev–Trinajstić information content (AvgIpc) is 2.26. The SMILES string of the molecule is BOB(O)c1ccc(C(=O)OC)c(F)c1. The Bertz CT molecular complexity index is 372. The second-order valence-corrected chi connectivity index (χ2v) is 2.82. The molecular weight excluding hydrogens is 201 g/mol. The molecule has 0 spiro atoms. The lowest BCUT2D eigenvalue weighted by Gasteiger charge is -2.06. The van der Waals surface area contributed by atoms with Crippen LogP contribution in [0.25, 0.3) is 0 Å². The quantitative estimate of drug-likeness (QED) is 0.506. The van der Waals surface area contributed by atoms with E-state index in [0.717, 1.165) is 6.07 Å². The van der Waals surface area contributed by atoms with Crippen molar-refractivity contribution < 1.29 is 23.5 Å². The molecule has 0 aliphatic heterocycles. The van der Waals surface area contributed by atoms with E-state index in [9.17, 15) is 14.2 Å². The molecule has 4 nitrogen and oxygen atoms in total. The van der Waals surface area contributed by atoms with Crippen LogP contribution in [0.1, 0.15) is 10.4 Å². The minimum absolute atomic E-state index is 0.176. The molecule has 1 aromatic carbocycles. The lowest BCUT2D eigenvalue weighted by atomic mass is 9.78. The maximum absolute atomic E-state index is 13.3. The fourth-order valence-electron chi connectivity index (χ4n) is 1.10. The Labute approximate surface area is 87.6 Å². The molecule has 0 heterocycles. The number of esters is 1. The van der Waals surface area contributed by atoms with Gasteiger partial charge in [-0.25, -0.2) is 9.18 Å². The Morgan fingerprint density at radius 3 is 2.73 bits per heavy atom. The molecule has 0 aromatic heterocycles. The zero-order valence-electron chi connectivity index (χ0n) is 8.36. The van der Waals surface area contributed by atoms with Gasteiger partial charge in [0.2, 0.25) is 8.05 Å². The highest BCUT2D eigenvalue weighted by atomic mass is 19.1. The predicted molar refractivity (Wildman–Crippen MR) is 55.0 cm³/mol. The van der Waals surface area contributed by atoms with Gasteiger partial charge < -0.3 is 14.3 Å². The standard InChI is InChI=1S/C8H9B2FO4/c1-14-8(12)6-3-2-5(4-7(6)11)10(13)15-9/h2-4,13H,9H2,1H3. The molecule has 0 radical (unpaired) electrons. The summed E-state index contributed by atoms with van der Waals surface area (Å²) in [6.45, 7) is 0. The lowest BCUT2D eigenvalue weighted by molar-refractivity contribution is 0.0595. The van der Waals surface area contributed by atoms with Crippen molar-refractivity contribution in [3.05, 3.63) is 29.6 Å². The molecule has 0 amide bonds. The molecule has 0 aliphatic rings. The molecule has 0 unspecified atom stereocenters. The molecule has 0 atom stereocenters. The average molecular weight is 210 g/mol. The second kappa shape index (κ2) is 4.95. The highest BCUT2D eigenvalue weighted by molar-refractivity contribution is 6.62. The molecule has 7 heteroatoms. The van der Waals surface area contributed by atoms with Crippen molar-refractivity contribution >= 4 is 26.6 Å². The summed E-state index contributed by atoms with van der Waals surface area (Å²) in [6, 6.07) is 3.66. The van der Waals surface area contributed by atoms with E-state index in [1.54, 1.807) is 0 Å². The minimum Gasteiger partial charge on any atom is -0.477 e. The molecule has 0 saturated carbocycles. The Morgan fingerprint density at radius 2 is 2.27 bits per heavy atom. The van der Waals surface area contributed by atoms with E-state index in [2.05, 4.69) is 9.31 Å². The number of hydrogen-bond acceptors (Lipinski definition) is 4. The van der Waals surface area contributed by atoms with Crippen molar-refractivity contribution in [1.29, 1.82) is 0 Å². The third-order valence-electron chi connectivity index (χ3n) is 1.91. The van der Waals surface area contributed by atoms with Crippen molar-refractivity contribution in [3.8, 4) is 0 Å². The number of halogens is 1. The van der Waals surface area contributed by atoms with Crippen molar-refractivity contribution in [1.82, 2.24) is 0 Å². The molecular formula is C8H9B2FO4. The summed E-state index contributed by atoms with van der Waals surface area (Å²) in [7, 11) is 1.25. The molecule has 78 valence electrons. The predicted octanol–water partition coefficient (Wildman–Crippen LogP) is -1.14. The highest BCUT2D eigenvalue weighted by Gasteiger charge is 2.18. The van der Waals surface area contributed by atoms with Gasteiger partial charge >= 0.3 is 13.1 Å². The van der Waals surface area contributed by atoms with Crippen molar-refractivity contribution in [2.75, 3.05) is 7.11 Å². The van der Waals surface area contributed by atoms with Gasteiger partial charge in [0.25, 0.3) is 0 Å². The van der Waals surface area contributed by atoms with Gasteiger partial charge in [-0.1, -0.05) is 6.07 Å². The van der Waals surface area contributed by atoms with Crippen LogP contribution >= 0.6 is 0 Å². The summed E-state index contributed by atoms with van der Waals surface area (Å²) in [4.78, 5) is 11.0. The number of carbonyl (C=O) groups excluding carboxylic acids is 1. The molecule has 1 N–H and O–H groups in total. The summed E-state index contributed by atoms with van der Waals surface area (Å²) in [6.07, 6.45) is 0. The van der Waals surface area contributed by atoms with Crippen LogP contribution in [0.2, 0.25) is 0 Å². The normalized spacial score (nSPS) is 9.80. The fourth-order valence-corrected chi connectivity index (χ4v) is 1.10. The largest absolute Gasteiger partial charge is 0.477 e. The first-order chi connectivity index (χ1) is 7.10. The molecule has 0 bridgehead atoms. The number of hydrogen-bond donors (Lipinski definition) is 1. The van der Waals surface area contributed by atoms with Crippen LogP contribution in [0.5, 0.6) is 0 Å². The maximum Gasteiger partial charge on any atom is 0.475 e. The van der Waals surface area contributed by atoms with Crippen LogP contribution in [0.15, 0.2) is 18.2 Å². The minimum atomic E-state index is -1.20. The first-order valence-electron chi connectivity index (χ1n) is 4.18. The van der Waals surface area contributed by atoms with Crippen molar-refractivity contribution in [3.63, 3.8) is 0 Å². The Balaban J connectivity index is 3.03. The van der Waals surface area contributed by atoms with E-state index in [1.165, 1.54) is 27.3 Å². The summed E-state index contributed by atoms with van der Waals surface area (Å²) in [5.41, 5.74) is 0.0622. The molecule has 1 rings (SSSR count). The van der Waals surface area contributed by atoms with Gasteiger partial charge in [-0.3, -0.25) is 0 Å². The molecule has 0 fully saturated rings. The number of rotatable bonds is 3. The highest BCUT2D eigenvalue weighted by Crippen LogP contribution is 2.06. The van der Waals surface area contributed by atoms with Crippen LogP contribution < -0.4 is 5.46 Å². The first kappa shape index (κ1) is 11.7. The zero-order chi connectivity index (χ0) is 11.4. The van der Waals surface area contributed by atoms with Crippen molar-refractivity contribution in [2.45, 2.75) is 0 Å². The maximum atomic E-state index is 13.3. The third kappa shape index (κ3) is 2.57. The monoisotopic (exact) mass is 210 g/mol. The summed E-state index contributed by atoms with van der Waals surface area (Å²) in [5.74, 6) is -1.51. The van der Waals surface area contributed by atoms with Gasteiger partial charge in [0.1, 0.15) is 5.82 Å². The lowest BCUT2D eigenvalue weighted by Crippen LogP contribution is -2.33. The van der Waals surface area contributed by atoms with E-state index < -0.39 is 18.9 Å². The third-order valence-corrected chi connectivity index (χ3v) is 1.91. The van der Waals surface area contributed by atoms with E-state index >= 15 is 0 Å². The topological polar surface area (TPSA) is 55.8 Å². The number of carbonyl (C=O) groups is 1. The zero-order valence-corrected chi connectivity index (χ0v) is 8.36. The molecule has 1 aromatic rings. The van der Waals surface area contributed by atoms with E-state index in [-0.39, 0.29) is 11.0 Å². The second-order valence-electron chi connectivity index (χ2n) is 2.82. The van der Waals surface area contributed by atoms with Crippen LogP contribution in [-0.4, -0.2) is 33.3 Å². The van der Waals surface area contributed by atoms with Crippen molar-refractivity contribution in [2.24, 2.45) is 0 Å². The summed E-state index contributed by atoms with van der Waals surface area (Å²) < 4.78 is 22.3. The number of ether oxygens (including phenoxy) is 1. The van der Waals surface area contributed by atoms with Gasteiger partial charge in [-0.2, -0.15) is 0 Å². The first-order valence-corrected chi connectivity index (χ1v) is 4.18. The van der Waals surface area contributed by atoms with Gasteiger partial charge in [0.15, 0.2) is 0 Å². The summed E-state index contributed by atoms with van der Waals surface area (Å²) in [5, 5.41) is 9.24. The van der Waals surface area contributed by atoms with E-state index in [1.807, 2.05) is 0 Å². The van der Waals surface area contributed by atoms with E-state index in [4.69, 9.17) is 0 Å². The number of methoxy groups -OCH3 is 1. The van der Waals surface area contributed by atoms with Crippen LogP contribution in [0, 0.1) is 5.82 Å². The van der Waals surface area contributed by atoms with Crippen LogP contribution in [0.3, 0.4) is 0 Å². The fraction of sp³-hybridized carbons (Fsp3) is 0.125. The number of benzene rings is 1. The van der Waals surface area contributed by atoms with Gasteiger partial charge in [0, 0.05) is 0 Å². The van der Waals surface area contributed by atoms with Gasteiger partial charge in [-0.05, 0) is 17.6 Å². The van der Waals surface area contributed by atoms with Crippen LogP contribution in [0.4, 0.5) is 4.39 Å². The van der Waals surface area contributed by atoms with E-state index in [0.29, 0.717) is 0 Å². The molecule has 15 heavy (non-hydrogen) atoms. The Kier molecular flexibility index (Phi) is 3.88. The van der Waals surface area contributed by atoms with Gasteiger partial charge in [-0.15, -0.1) is 0 Å². The van der Waals surface area contributed by atoms with Crippen LogP contribution in [-0.2, 0) is 9.31 Å². The summed E-state index contributed by atoms with van der Waals surface area (Å²) >= 11 is 0. The molecule has 0 aliphatic carbocycles.